The van der Waals surface area contributed by atoms with E-state index in [0.717, 1.165) is 33.0 Å². The molecular weight excluding hydrogens is 779 g/mol. The molecule has 2 aromatic heterocycles. The summed E-state index contributed by atoms with van der Waals surface area (Å²) in [6, 6.07) is 91.6. The van der Waals surface area contributed by atoms with Crippen molar-refractivity contribution in [2.75, 3.05) is 0 Å². The number of aromatic nitrogens is 1. The predicted octanol–water partition coefficient (Wildman–Crippen LogP) is 13.1. The molecular formula is C60H41NOSi. The average molecular weight is 820 g/mol. The highest BCUT2D eigenvalue weighted by Crippen LogP contribution is 2.43. The third-order valence-electron chi connectivity index (χ3n) is 12.9. The van der Waals surface area contributed by atoms with Crippen molar-refractivity contribution in [3.8, 4) is 39.1 Å². The molecule has 0 fully saturated rings. The van der Waals surface area contributed by atoms with Gasteiger partial charge >= 0.3 is 0 Å². The molecule has 10 aromatic carbocycles. The van der Waals surface area contributed by atoms with Crippen molar-refractivity contribution in [1.29, 1.82) is 0 Å². The first-order valence-corrected chi connectivity index (χ1v) is 23.7. The number of hydrogen-bond acceptors (Lipinski definition) is 1. The topological polar surface area (TPSA) is 18.1 Å². The van der Waals surface area contributed by atoms with Crippen LogP contribution in [0.3, 0.4) is 0 Å². The lowest BCUT2D eigenvalue weighted by atomic mass is 9.95. The zero-order chi connectivity index (χ0) is 41.7. The van der Waals surface area contributed by atoms with Crippen molar-refractivity contribution in [2.45, 2.75) is 0 Å². The van der Waals surface area contributed by atoms with E-state index in [1.54, 1.807) is 0 Å². The normalized spacial score (nSPS) is 11.8. The van der Waals surface area contributed by atoms with Gasteiger partial charge in [-0.3, -0.25) is 0 Å². The first-order chi connectivity index (χ1) is 31.3. The average Bonchev–Trinajstić information content (AvgIpc) is 3.90. The van der Waals surface area contributed by atoms with Crippen LogP contribution in [0.15, 0.2) is 253 Å². The SMILES string of the molecule is c1ccc(-c2cc([Si](c3ccccc3)(c3ccccc3)c3ccccc3)cc(-c3ccccc3)c2-n2c3ccccc3c3cc(-c4ccc5oc6ccccc6c5c4)ccc32)cc1. The highest BCUT2D eigenvalue weighted by Gasteiger charge is 2.42. The van der Waals surface area contributed by atoms with E-state index in [9.17, 15) is 0 Å². The minimum atomic E-state index is -2.94. The molecule has 0 N–H and O–H groups in total. The summed E-state index contributed by atoms with van der Waals surface area (Å²) in [6.45, 7) is 0. The summed E-state index contributed by atoms with van der Waals surface area (Å²) >= 11 is 0. The molecule has 2 nitrogen and oxygen atoms in total. The fourth-order valence-corrected chi connectivity index (χ4v) is 14.9. The quantitative estimate of drug-likeness (QED) is 0.110. The third kappa shape index (κ3) is 6.00. The van der Waals surface area contributed by atoms with Gasteiger partial charge in [0.05, 0.1) is 16.7 Å². The van der Waals surface area contributed by atoms with E-state index < -0.39 is 8.07 Å². The Hall–Kier alpha value is -7.98. The fourth-order valence-electron chi connectivity index (χ4n) is 10.1. The Balaban J connectivity index is 1.19. The molecule has 0 saturated heterocycles. The molecule has 12 aromatic rings. The van der Waals surface area contributed by atoms with Gasteiger partial charge in [0.2, 0.25) is 0 Å². The minimum Gasteiger partial charge on any atom is -0.456 e. The molecule has 0 saturated carbocycles. The molecule has 0 unspecified atom stereocenters. The fraction of sp³-hybridized carbons (Fsp3) is 0. The third-order valence-corrected chi connectivity index (χ3v) is 17.7. The van der Waals surface area contributed by atoms with Gasteiger partial charge in [-0.25, -0.2) is 0 Å². The van der Waals surface area contributed by atoms with Crippen molar-refractivity contribution in [3.05, 3.63) is 249 Å². The maximum atomic E-state index is 6.22. The smallest absolute Gasteiger partial charge is 0.179 e. The van der Waals surface area contributed by atoms with Gasteiger partial charge in [0.1, 0.15) is 11.2 Å². The van der Waals surface area contributed by atoms with E-state index in [-0.39, 0.29) is 0 Å². The van der Waals surface area contributed by atoms with Gasteiger partial charge in [-0.05, 0) is 79.4 Å². The summed E-state index contributed by atoms with van der Waals surface area (Å²) in [5, 5.41) is 10.1. The Kier molecular flexibility index (Phi) is 8.87. The monoisotopic (exact) mass is 819 g/mol. The lowest BCUT2D eigenvalue weighted by Crippen LogP contribution is -2.74. The van der Waals surface area contributed by atoms with Crippen LogP contribution in [0.2, 0.25) is 0 Å². The Morgan fingerprint density at radius 3 is 1.29 bits per heavy atom. The molecule has 3 heteroatoms. The summed E-state index contributed by atoms with van der Waals surface area (Å²) in [5.41, 5.74) is 12.4. The van der Waals surface area contributed by atoms with Crippen LogP contribution < -0.4 is 20.7 Å². The predicted molar refractivity (Wildman–Crippen MR) is 268 cm³/mol. The van der Waals surface area contributed by atoms with Crippen LogP contribution in [0, 0.1) is 0 Å². The zero-order valence-corrected chi connectivity index (χ0v) is 35.5. The first-order valence-electron chi connectivity index (χ1n) is 21.7. The Morgan fingerprint density at radius 2 is 0.714 bits per heavy atom. The molecule has 0 aliphatic heterocycles. The number of para-hydroxylation sites is 2. The van der Waals surface area contributed by atoms with Crippen LogP contribution in [-0.4, -0.2) is 12.6 Å². The molecule has 0 radical (unpaired) electrons. The summed E-state index contributed by atoms with van der Waals surface area (Å²) in [7, 11) is -2.94. The van der Waals surface area contributed by atoms with E-state index >= 15 is 0 Å². The van der Waals surface area contributed by atoms with Gasteiger partial charge in [0, 0.05) is 32.7 Å². The maximum Gasteiger partial charge on any atom is 0.179 e. The molecule has 0 amide bonds. The van der Waals surface area contributed by atoms with Gasteiger partial charge in [-0.15, -0.1) is 0 Å². The second-order valence-electron chi connectivity index (χ2n) is 16.4. The number of fused-ring (bicyclic) bond motifs is 6. The van der Waals surface area contributed by atoms with Crippen LogP contribution in [0.1, 0.15) is 0 Å². The highest BCUT2D eigenvalue weighted by atomic mass is 28.3. The Morgan fingerprint density at radius 1 is 0.286 bits per heavy atom. The molecule has 0 aliphatic rings. The number of furan rings is 1. The summed E-state index contributed by atoms with van der Waals surface area (Å²) in [4.78, 5) is 0. The molecule has 63 heavy (non-hydrogen) atoms. The van der Waals surface area contributed by atoms with E-state index in [1.165, 1.54) is 70.5 Å². The molecule has 0 aliphatic carbocycles. The summed E-state index contributed by atoms with van der Waals surface area (Å²) < 4.78 is 8.76. The first kappa shape index (κ1) is 36.8. The Labute approximate surface area is 367 Å². The van der Waals surface area contributed by atoms with Gasteiger partial charge in [0.15, 0.2) is 8.07 Å². The van der Waals surface area contributed by atoms with Gasteiger partial charge in [-0.2, -0.15) is 0 Å². The van der Waals surface area contributed by atoms with Crippen molar-refractivity contribution >= 4 is 72.6 Å². The van der Waals surface area contributed by atoms with Crippen molar-refractivity contribution in [1.82, 2.24) is 4.57 Å². The van der Waals surface area contributed by atoms with Crippen molar-refractivity contribution in [2.24, 2.45) is 0 Å². The van der Waals surface area contributed by atoms with E-state index in [4.69, 9.17) is 4.42 Å². The standard InChI is InChI=1S/C60H41NOSi/c1-6-20-42(21-7-1)52-40-49(63(46-24-10-3-11-25-46,47-26-12-4-13-27-47)48-28-14-5-15-29-48)41-53(43-22-8-2-9-23-43)60(52)61-56-32-18-16-30-50(56)54-38-44(34-36-57(54)61)45-35-37-59-55(39-45)51-31-17-19-33-58(51)62-59/h1-41H. The van der Waals surface area contributed by atoms with Crippen LogP contribution in [-0.2, 0) is 0 Å². The molecule has 12 rings (SSSR count). The van der Waals surface area contributed by atoms with Crippen LogP contribution in [0.25, 0.3) is 82.8 Å². The van der Waals surface area contributed by atoms with Gasteiger partial charge < -0.3 is 8.98 Å². The van der Waals surface area contributed by atoms with E-state index in [0.29, 0.717) is 0 Å². The van der Waals surface area contributed by atoms with Crippen molar-refractivity contribution < 1.29 is 4.42 Å². The highest BCUT2D eigenvalue weighted by molar-refractivity contribution is 7.20. The molecule has 0 atom stereocenters. The van der Waals surface area contributed by atoms with Crippen LogP contribution >= 0.6 is 0 Å². The molecule has 2 heterocycles. The molecule has 0 spiro atoms. The largest absolute Gasteiger partial charge is 0.456 e. The number of rotatable bonds is 8. The lowest BCUT2D eigenvalue weighted by molar-refractivity contribution is 0.669. The summed E-state index contributed by atoms with van der Waals surface area (Å²) in [6.07, 6.45) is 0. The number of nitrogens with zero attached hydrogens (tertiary/aromatic N) is 1. The van der Waals surface area contributed by atoms with Gasteiger partial charge in [-0.1, -0.05) is 212 Å². The van der Waals surface area contributed by atoms with Gasteiger partial charge in [0.25, 0.3) is 0 Å². The van der Waals surface area contributed by atoms with Crippen LogP contribution in [0.5, 0.6) is 0 Å². The van der Waals surface area contributed by atoms with Crippen LogP contribution in [0.4, 0.5) is 0 Å². The lowest BCUT2D eigenvalue weighted by Gasteiger charge is -2.36. The molecule has 0 bridgehead atoms. The maximum absolute atomic E-state index is 6.22. The molecule has 296 valence electrons. The second kappa shape index (κ2) is 15.2. The zero-order valence-electron chi connectivity index (χ0n) is 34.5. The Bertz CT molecular complexity index is 3440. The van der Waals surface area contributed by atoms with E-state index in [1.807, 2.05) is 12.1 Å². The second-order valence-corrected chi connectivity index (χ2v) is 20.2. The van der Waals surface area contributed by atoms with Crippen molar-refractivity contribution in [3.63, 3.8) is 0 Å². The summed E-state index contributed by atoms with van der Waals surface area (Å²) in [5.74, 6) is 0. The number of benzene rings is 10. The number of hydrogen-bond donors (Lipinski definition) is 0. The minimum absolute atomic E-state index is 0.904. The van der Waals surface area contributed by atoms with E-state index in [2.05, 4.69) is 241 Å².